The maximum absolute atomic E-state index is 12.8. The fourth-order valence-corrected chi connectivity index (χ4v) is 8.47. The van der Waals surface area contributed by atoms with Gasteiger partial charge in [-0.15, -0.1) is 0 Å². The molecular formula is C64H112O6. The second-order valence-corrected chi connectivity index (χ2v) is 19.9. The predicted octanol–water partition coefficient (Wildman–Crippen LogP) is 20.2. The molecule has 0 aliphatic rings. The van der Waals surface area contributed by atoms with Gasteiger partial charge in [-0.3, -0.25) is 14.4 Å². The van der Waals surface area contributed by atoms with E-state index in [4.69, 9.17) is 14.2 Å². The molecule has 404 valence electrons. The number of carbonyl (C=O) groups is 3. The third kappa shape index (κ3) is 55.8. The average Bonchev–Trinajstić information content (AvgIpc) is 3.36. The summed E-state index contributed by atoms with van der Waals surface area (Å²) in [5.41, 5.74) is 0. The first-order valence-electron chi connectivity index (χ1n) is 29.9. The van der Waals surface area contributed by atoms with Crippen molar-refractivity contribution in [3.05, 3.63) is 72.9 Å². The quantitative estimate of drug-likeness (QED) is 0.0261. The summed E-state index contributed by atoms with van der Waals surface area (Å²) in [6.45, 7) is 6.50. The van der Waals surface area contributed by atoms with Crippen molar-refractivity contribution in [1.82, 2.24) is 0 Å². The van der Waals surface area contributed by atoms with E-state index in [-0.39, 0.29) is 37.5 Å². The molecule has 0 heterocycles. The molecule has 6 nitrogen and oxygen atoms in total. The Labute approximate surface area is 433 Å². The number of carbonyl (C=O) groups excluding carboxylic acids is 3. The van der Waals surface area contributed by atoms with Crippen LogP contribution in [-0.4, -0.2) is 37.2 Å². The van der Waals surface area contributed by atoms with E-state index in [9.17, 15) is 14.4 Å². The monoisotopic (exact) mass is 977 g/mol. The van der Waals surface area contributed by atoms with Crippen LogP contribution in [0, 0.1) is 0 Å². The van der Waals surface area contributed by atoms with Crippen molar-refractivity contribution in [2.45, 2.75) is 303 Å². The molecule has 0 aliphatic heterocycles. The van der Waals surface area contributed by atoms with E-state index >= 15 is 0 Å². The van der Waals surface area contributed by atoms with Crippen LogP contribution in [0.3, 0.4) is 0 Å². The first kappa shape index (κ1) is 66.9. The predicted molar refractivity (Wildman–Crippen MR) is 302 cm³/mol. The summed E-state index contributed by atoms with van der Waals surface area (Å²) < 4.78 is 16.8. The lowest BCUT2D eigenvalue weighted by atomic mass is 10.0. The van der Waals surface area contributed by atoms with Crippen LogP contribution in [0.5, 0.6) is 0 Å². The van der Waals surface area contributed by atoms with Crippen molar-refractivity contribution >= 4 is 17.9 Å². The Balaban J connectivity index is 4.29. The Bertz CT molecular complexity index is 1310. The van der Waals surface area contributed by atoms with Crippen molar-refractivity contribution in [3.63, 3.8) is 0 Å². The largest absolute Gasteiger partial charge is 0.462 e. The van der Waals surface area contributed by atoms with Crippen molar-refractivity contribution in [2.24, 2.45) is 0 Å². The van der Waals surface area contributed by atoms with Crippen LogP contribution in [0.4, 0.5) is 0 Å². The smallest absolute Gasteiger partial charge is 0.306 e. The van der Waals surface area contributed by atoms with Crippen LogP contribution in [0.2, 0.25) is 0 Å². The standard InChI is InChI=1S/C64H112O6/c1-4-7-10-13-16-19-22-25-27-28-29-30-31-32-33-34-35-36-38-39-42-45-48-51-54-57-63(66)69-60-61(59-68-62(65)56-53-50-47-44-41-24-21-18-15-12-9-6-3)70-64(67)58-55-52-49-46-43-40-37-26-23-20-17-14-11-8-5-2/h8,11,17,20,22,25-26,28-29,37,43,46,61H,4-7,9-10,12-16,18-19,21,23-24,27,30-36,38-42,44-45,47-60H2,1-3H3/b11-8-,20-17-,25-22-,29-28-,37-26-,46-43-. The van der Waals surface area contributed by atoms with Crippen LogP contribution < -0.4 is 0 Å². The summed E-state index contributed by atoms with van der Waals surface area (Å²) in [6, 6.07) is 0. The molecule has 0 amide bonds. The maximum Gasteiger partial charge on any atom is 0.306 e. The first-order valence-corrected chi connectivity index (χ1v) is 29.9. The molecular weight excluding hydrogens is 865 g/mol. The van der Waals surface area contributed by atoms with Crippen molar-refractivity contribution in [1.29, 1.82) is 0 Å². The first-order chi connectivity index (χ1) is 34.5. The molecule has 0 saturated carbocycles. The number of rotatable bonds is 54. The number of unbranched alkanes of at least 4 members (excludes halogenated alkanes) is 31. The third-order valence-corrected chi connectivity index (χ3v) is 12.9. The van der Waals surface area contributed by atoms with Gasteiger partial charge in [0.05, 0.1) is 0 Å². The van der Waals surface area contributed by atoms with Gasteiger partial charge in [-0.25, -0.2) is 0 Å². The molecule has 0 N–H and O–H groups in total. The summed E-state index contributed by atoms with van der Waals surface area (Å²) in [6.07, 6.45) is 74.8. The SMILES string of the molecule is CC/C=C\C/C=C\C/C=C\C/C=C\CCCCC(=O)OC(COC(=O)CCCCCCCCCCCCCC)COC(=O)CCCCCCCCCCCCCCC/C=C\C/C=C\CCCCCCC. The highest BCUT2D eigenvalue weighted by Crippen LogP contribution is 2.16. The van der Waals surface area contributed by atoms with Crippen LogP contribution in [0.25, 0.3) is 0 Å². The molecule has 1 unspecified atom stereocenters. The van der Waals surface area contributed by atoms with Gasteiger partial charge in [-0.2, -0.15) is 0 Å². The molecule has 0 aromatic carbocycles. The second kappa shape index (κ2) is 58.4. The fraction of sp³-hybridized carbons (Fsp3) is 0.766. The van der Waals surface area contributed by atoms with E-state index in [0.717, 1.165) is 83.5 Å². The van der Waals surface area contributed by atoms with Gasteiger partial charge < -0.3 is 14.2 Å². The van der Waals surface area contributed by atoms with Crippen molar-refractivity contribution < 1.29 is 28.6 Å². The van der Waals surface area contributed by atoms with Gasteiger partial charge in [0.25, 0.3) is 0 Å². The summed E-state index contributed by atoms with van der Waals surface area (Å²) in [7, 11) is 0. The van der Waals surface area contributed by atoms with Crippen LogP contribution in [0.15, 0.2) is 72.9 Å². The van der Waals surface area contributed by atoms with Gasteiger partial charge in [0.1, 0.15) is 13.2 Å². The van der Waals surface area contributed by atoms with E-state index in [0.29, 0.717) is 19.3 Å². The fourth-order valence-electron chi connectivity index (χ4n) is 8.47. The minimum atomic E-state index is -0.795. The Morgan fingerprint density at radius 1 is 0.300 bits per heavy atom. The number of ether oxygens (including phenoxy) is 3. The second-order valence-electron chi connectivity index (χ2n) is 19.9. The maximum atomic E-state index is 12.8. The molecule has 0 fully saturated rings. The Kier molecular flexibility index (Phi) is 55.8. The molecule has 0 spiro atoms. The summed E-state index contributed by atoms with van der Waals surface area (Å²) >= 11 is 0. The lowest BCUT2D eigenvalue weighted by Gasteiger charge is -2.18. The lowest BCUT2D eigenvalue weighted by Crippen LogP contribution is -2.30. The molecule has 70 heavy (non-hydrogen) atoms. The highest BCUT2D eigenvalue weighted by molar-refractivity contribution is 5.71. The van der Waals surface area contributed by atoms with Crippen LogP contribution in [0.1, 0.15) is 297 Å². The van der Waals surface area contributed by atoms with E-state index in [2.05, 4.69) is 93.7 Å². The molecule has 0 aliphatic carbocycles. The number of allylic oxidation sites excluding steroid dienone is 12. The Morgan fingerprint density at radius 2 is 0.557 bits per heavy atom. The van der Waals surface area contributed by atoms with Crippen molar-refractivity contribution in [2.75, 3.05) is 13.2 Å². The highest BCUT2D eigenvalue weighted by atomic mass is 16.6. The highest BCUT2D eigenvalue weighted by Gasteiger charge is 2.19. The molecule has 0 aromatic rings. The van der Waals surface area contributed by atoms with Gasteiger partial charge >= 0.3 is 17.9 Å². The zero-order valence-corrected chi connectivity index (χ0v) is 46.3. The zero-order valence-electron chi connectivity index (χ0n) is 46.3. The van der Waals surface area contributed by atoms with Gasteiger partial charge in [-0.1, -0.05) is 261 Å². The van der Waals surface area contributed by atoms with E-state index in [1.54, 1.807) is 0 Å². The number of hydrogen-bond acceptors (Lipinski definition) is 6. The molecule has 0 rings (SSSR count). The number of hydrogen-bond donors (Lipinski definition) is 0. The zero-order chi connectivity index (χ0) is 50.7. The third-order valence-electron chi connectivity index (χ3n) is 12.9. The van der Waals surface area contributed by atoms with Crippen LogP contribution in [-0.2, 0) is 28.6 Å². The summed E-state index contributed by atoms with van der Waals surface area (Å²) in [5, 5.41) is 0. The Hall–Kier alpha value is -3.15. The molecule has 6 heteroatoms. The van der Waals surface area contributed by atoms with Gasteiger partial charge in [0.15, 0.2) is 6.10 Å². The molecule has 0 saturated heterocycles. The van der Waals surface area contributed by atoms with Gasteiger partial charge in [0.2, 0.25) is 0 Å². The average molecular weight is 978 g/mol. The van der Waals surface area contributed by atoms with E-state index in [1.165, 1.54) is 167 Å². The van der Waals surface area contributed by atoms with Gasteiger partial charge in [0, 0.05) is 19.3 Å². The van der Waals surface area contributed by atoms with E-state index < -0.39 is 6.10 Å². The minimum absolute atomic E-state index is 0.0896. The van der Waals surface area contributed by atoms with Crippen molar-refractivity contribution in [3.8, 4) is 0 Å². The van der Waals surface area contributed by atoms with E-state index in [1.807, 2.05) is 0 Å². The van der Waals surface area contributed by atoms with Crippen LogP contribution >= 0.6 is 0 Å². The lowest BCUT2D eigenvalue weighted by molar-refractivity contribution is -0.167. The Morgan fingerprint density at radius 3 is 0.900 bits per heavy atom. The number of esters is 3. The normalized spacial score (nSPS) is 12.6. The molecule has 1 atom stereocenters. The van der Waals surface area contributed by atoms with Gasteiger partial charge in [-0.05, 0) is 89.9 Å². The molecule has 0 bridgehead atoms. The summed E-state index contributed by atoms with van der Waals surface area (Å²) in [5.74, 6) is -0.923. The molecule has 0 radical (unpaired) electrons. The minimum Gasteiger partial charge on any atom is -0.462 e. The molecule has 0 aromatic heterocycles. The summed E-state index contributed by atoms with van der Waals surface area (Å²) in [4.78, 5) is 38.1. The topological polar surface area (TPSA) is 78.9 Å².